The molecule has 2 aromatic heterocycles. The van der Waals surface area contributed by atoms with E-state index in [0.29, 0.717) is 54.3 Å². The minimum Gasteiger partial charge on any atom is -0.404 e. The van der Waals surface area contributed by atoms with E-state index in [1.165, 1.54) is 12.1 Å². The average molecular weight is 440 g/mol. The molecule has 1 aliphatic heterocycles. The maximum atomic E-state index is 12.6. The lowest BCUT2D eigenvalue weighted by Crippen LogP contribution is -2.36. The zero-order chi connectivity index (χ0) is 21.3. The van der Waals surface area contributed by atoms with Gasteiger partial charge in [0.15, 0.2) is 0 Å². The maximum absolute atomic E-state index is 12.6. The van der Waals surface area contributed by atoms with Gasteiger partial charge in [-0.2, -0.15) is 4.98 Å². The highest BCUT2D eigenvalue weighted by Crippen LogP contribution is 2.34. The molecule has 1 aliphatic rings. The largest absolute Gasteiger partial charge is 0.573 e. The van der Waals surface area contributed by atoms with Crippen LogP contribution in [-0.2, 0) is 0 Å². The molecule has 0 unspecified atom stereocenters. The van der Waals surface area contributed by atoms with Gasteiger partial charge in [0.2, 0.25) is 5.95 Å². The molecule has 0 aliphatic carbocycles. The van der Waals surface area contributed by atoms with Crippen LogP contribution in [0.25, 0.3) is 10.9 Å². The van der Waals surface area contributed by atoms with Crippen LogP contribution in [0.5, 0.6) is 5.75 Å². The lowest BCUT2D eigenvalue weighted by molar-refractivity contribution is -0.274. The van der Waals surface area contributed by atoms with Gasteiger partial charge >= 0.3 is 6.36 Å². The number of fused-ring (bicyclic) bond motifs is 1. The fraction of sp³-hybridized carbons (Fsp3) is 0.316. The number of halogens is 4. The summed E-state index contributed by atoms with van der Waals surface area (Å²) < 4.78 is 41.8. The van der Waals surface area contributed by atoms with Gasteiger partial charge in [0, 0.05) is 37.2 Å². The fourth-order valence-corrected chi connectivity index (χ4v) is 3.34. The minimum absolute atomic E-state index is 0.167. The summed E-state index contributed by atoms with van der Waals surface area (Å²) in [5.41, 5.74) is 0.937. The van der Waals surface area contributed by atoms with Crippen LogP contribution in [0.2, 0.25) is 5.02 Å². The molecule has 2 N–H and O–H groups in total. The van der Waals surface area contributed by atoms with Crippen molar-refractivity contribution in [2.75, 3.05) is 23.3 Å². The summed E-state index contributed by atoms with van der Waals surface area (Å²) in [6.45, 7) is 1.20. The summed E-state index contributed by atoms with van der Waals surface area (Å²) in [6, 6.07) is 5.70. The van der Waals surface area contributed by atoms with Crippen LogP contribution in [0, 0.1) is 0 Å². The van der Waals surface area contributed by atoms with Crippen LogP contribution in [-0.4, -0.2) is 45.6 Å². The number of nitrogens with one attached hydrogen (secondary N) is 1. The Kier molecular flexibility index (Phi) is 5.52. The van der Waals surface area contributed by atoms with Crippen LogP contribution in [0.3, 0.4) is 0 Å². The molecule has 11 heteroatoms. The van der Waals surface area contributed by atoms with E-state index < -0.39 is 12.1 Å². The number of alkyl halides is 3. The highest BCUT2D eigenvalue weighted by atomic mass is 35.5. The van der Waals surface area contributed by atoms with Gasteiger partial charge in [-0.15, -0.1) is 13.2 Å². The quantitative estimate of drug-likeness (QED) is 0.627. The highest BCUT2D eigenvalue weighted by molar-refractivity contribution is 6.32. The van der Waals surface area contributed by atoms with Gasteiger partial charge in [-0.05, 0) is 31.0 Å². The molecule has 3 heterocycles. The molecular weight excluding hydrogens is 423 g/mol. The van der Waals surface area contributed by atoms with Gasteiger partial charge < -0.3 is 20.1 Å². The Morgan fingerprint density at radius 3 is 2.67 bits per heavy atom. The van der Waals surface area contributed by atoms with Crippen LogP contribution in [0.1, 0.15) is 12.8 Å². The van der Waals surface area contributed by atoms with E-state index in [9.17, 15) is 18.3 Å². The summed E-state index contributed by atoms with van der Waals surface area (Å²) in [6.07, 6.45) is -0.819. The molecule has 0 amide bonds. The van der Waals surface area contributed by atoms with Gasteiger partial charge in [0.1, 0.15) is 11.6 Å². The molecular formula is C19H17ClF3N5O2. The van der Waals surface area contributed by atoms with Crippen molar-refractivity contribution in [3.8, 4) is 5.75 Å². The Bertz CT molecular complexity index is 1060. The number of aliphatic hydroxyl groups is 1. The van der Waals surface area contributed by atoms with Gasteiger partial charge in [-0.1, -0.05) is 11.6 Å². The first kappa shape index (κ1) is 20.4. The monoisotopic (exact) mass is 439 g/mol. The maximum Gasteiger partial charge on any atom is 0.573 e. The Labute approximate surface area is 174 Å². The SMILES string of the molecule is OC1CCN(c2nc(Nc3ccc(Cl)c(OC(F)(F)F)c3)c3cnccc3n2)CC1. The zero-order valence-electron chi connectivity index (χ0n) is 15.5. The van der Waals surface area contributed by atoms with Crippen LogP contribution >= 0.6 is 11.6 Å². The van der Waals surface area contributed by atoms with Crippen molar-refractivity contribution in [3.05, 3.63) is 41.7 Å². The number of piperidine rings is 1. The van der Waals surface area contributed by atoms with E-state index in [1.54, 1.807) is 18.5 Å². The molecule has 1 fully saturated rings. The lowest BCUT2D eigenvalue weighted by Gasteiger charge is -2.30. The number of hydrogen-bond acceptors (Lipinski definition) is 7. The molecule has 7 nitrogen and oxygen atoms in total. The number of aliphatic hydroxyl groups excluding tert-OH is 1. The lowest BCUT2D eigenvalue weighted by atomic mass is 10.1. The van der Waals surface area contributed by atoms with Crippen molar-refractivity contribution >= 4 is 40.0 Å². The molecule has 3 aromatic rings. The van der Waals surface area contributed by atoms with Crippen molar-refractivity contribution in [3.63, 3.8) is 0 Å². The van der Waals surface area contributed by atoms with Crippen LogP contribution < -0.4 is 15.0 Å². The zero-order valence-corrected chi connectivity index (χ0v) is 16.3. The number of aromatic nitrogens is 3. The Balaban J connectivity index is 1.69. The third-order valence-electron chi connectivity index (χ3n) is 4.65. The predicted octanol–water partition coefficient (Wildman–Crippen LogP) is 4.28. The Morgan fingerprint density at radius 1 is 1.17 bits per heavy atom. The Hall–Kier alpha value is -2.85. The Morgan fingerprint density at radius 2 is 1.93 bits per heavy atom. The number of benzene rings is 1. The normalized spacial score (nSPS) is 15.4. The first-order chi connectivity index (χ1) is 14.3. The summed E-state index contributed by atoms with van der Waals surface area (Å²) in [5.74, 6) is 0.328. The number of ether oxygens (including phenoxy) is 1. The molecule has 0 spiro atoms. The molecule has 0 saturated carbocycles. The van der Waals surface area contributed by atoms with E-state index in [2.05, 4.69) is 25.0 Å². The second-order valence-corrected chi connectivity index (χ2v) is 7.21. The number of rotatable bonds is 4. The third-order valence-corrected chi connectivity index (χ3v) is 4.96. The summed E-state index contributed by atoms with van der Waals surface area (Å²) in [7, 11) is 0. The average Bonchev–Trinajstić information content (AvgIpc) is 2.70. The fourth-order valence-electron chi connectivity index (χ4n) is 3.18. The smallest absolute Gasteiger partial charge is 0.404 e. The molecule has 0 atom stereocenters. The van der Waals surface area contributed by atoms with Crippen molar-refractivity contribution in [2.45, 2.75) is 25.3 Å². The first-order valence-electron chi connectivity index (χ1n) is 9.15. The molecule has 1 saturated heterocycles. The minimum atomic E-state index is -4.86. The number of hydrogen-bond donors (Lipinski definition) is 2. The standard InChI is InChI=1S/C19H17ClF3N5O2/c20-14-2-1-11(9-16(14)30-19(21,22)23)25-17-13-10-24-6-3-15(13)26-18(27-17)28-7-4-12(29)5-8-28/h1-3,6,9-10,12,29H,4-5,7-8H2,(H,25,26,27). The van der Waals surface area contributed by atoms with E-state index in [1.807, 2.05) is 4.90 Å². The molecule has 158 valence electrons. The van der Waals surface area contributed by atoms with Gasteiger partial charge in [-0.3, -0.25) is 4.98 Å². The molecule has 1 aromatic carbocycles. The predicted molar refractivity (Wildman–Crippen MR) is 106 cm³/mol. The summed E-state index contributed by atoms with van der Waals surface area (Å²) in [5, 5.41) is 13.2. The van der Waals surface area contributed by atoms with Crippen molar-refractivity contribution in [2.24, 2.45) is 0 Å². The van der Waals surface area contributed by atoms with Crippen molar-refractivity contribution < 1.29 is 23.0 Å². The molecule has 30 heavy (non-hydrogen) atoms. The first-order valence-corrected chi connectivity index (χ1v) is 9.53. The number of pyridine rings is 1. The van der Waals surface area contributed by atoms with Crippen molar-refractivity contribution in [1.29, 1.82) is 0 Å². The number of nitrogens with zero attached hydrogens (tertiary/aromatic N) is 4. The van der Waals surface area contributed by atoms with Gasteiger partial charge in [0.25, 0.3) is 0 Å². The van der Waals surface area contributed by atoms with E-state index in [0.717, 1.165) is 6.07 Å². The van der Waals surface area contributed by atoms with Gasteiger partial charge in [-0.25, -0.2) is 4.98 Å². The highest BCUT2D eigenvalue weighted by Gasteiger charge is 2.32. The summed E-state index contributed by atoms with van der Waals surface area (Å²) in [4.78, 5) is 15.2. The van der Waals surface area contributed by atoms with Crippen LogP contribution in [0.4, 0.5) is 30.6 Å². The van der Waals surface area contributed by atoms with E-state index in [-0.39, 0.29) is 11.1 Å². The second-order valence-electron chi connectivity index (χ2n) is 6.80. The van der Waals surface area contributed by atoms with Crippen molar-refractivity contribution in [1.82, 2.24) is 15.0 Å². The topological polar surface area (TPSA) is 83.4 Å². The second kappa shape index (κ2) is 8.11. The number of anilines is 3. The van der Waals surface area contributed by atoms with E-state index in [4.69, 9.17) is 11.6 Å². The third kappa shape index (κ3) is 4.65. The molecule has 0 radical (unpaired) electrons. The summed E-state index contributed by atoms with van der Waals surface area (Å²) >= 11 is 5.82. The molecule has 4 rings (SSSR count). The van der Waals surface area contributed by atoms with Crippen LogP contribution in [0.15, 0.2) is 36.7 Å². The van der Waals surface area contributed by atoms with Gasteiger partial charge in [0.05, 0.1) is 22.0 Å². The van der Waals surface area contributed by atoms with E-state index >= 15 is 0 Å². The molecule has 0 bridgehead atoms.